The third kappa shape index (κ3) is 6.76. The molecule has 4 aromatic rings. The zero-order chi connectivity index (χ0) is 24.7. The van der Waals surface area contributed by atoms with Gasteiger partial charge >= 0.3 is 0 Å². The van der Waals surface area contributed by atoms with Crippen molar-refractivity contribution in [3.8, 4) is 0 Å². The fourth-order valence-corrected chi connectivity index (χ4v) is 3.97. The van der Waals surface area contributed by atoms with E-state index in [1.54, 1.807) is 12.1 Å². The molecule has 0 amide bonds. The largest absolute Gasteiger partial charge is 0.744 e. The van der Waals surface area contributed by atoms with Crippen molar-refractivity contribution in [2.75, 3.05) is 19.0 Å². The van der Waals surface area contributed by atoms with E-state index >= 15 is 0 Å². The molecule has 0 aliphatic heterocycles. The Morgan fingerprint density at radius 1 is 0.882 bits per heavy atom. The van der Waals surface area contributed by atoms with Crippen LogP contribution in [0, 0.1) is 6.92 Å². The van der Waals surface area contributed by atoms with Gasteiger partial charge in [-0.3, -0.25) is 0 Å². The van der Waals surface area contributed by atoms with Crippen LogP contribution in [0.4, 0.5) is 5.69 Å². The average Bonchev–Trinajstić information content (AvgIpc) is 2.81. The highest BCUT2D eigenvalue weighted by Crippen LogP contribution is 2.14. The summed E-state index contributed by atoms with van der Waals surface area (Å²) in [5.74, 6) is 0. The minimum atomic E-state index is -4.27. The molecule has 0 aliphatic carbocycles. The molecular weight excluding hydrogens is 444 g/mol. The van der Waals surface area contributed by atoms with Gasteiger partial charge in [0.15, 0.2) is 5.69 Å². The number of allylic oxidation sites excluding steroid dienone is 1. The highest BCUT2D eigenvalue weighted by molar-refractivity contribution is 7.85. The molecule has 176 valence electrons. The highest BCUT2D eigenvalue weighted by atomic mass is 32.2. The van der Waals surface area contributed by atoms with Gasteiger partial charge in [-0.05, 0) is 48.9 Å². The van der Waals surface area contributed by atoms with Crippen LogP contribution in [-0.4, -0.2) is 27.1 Å². The number of para-hydroxylation sites is 1. The third-order valence-electron chi connectivity index (χ3n) is 5.54. The first-order valence-electron chi connectivity index (χ1n) is 11.0. The summed E-state index contributed by atoms with van der Waals surface area (Å²) in [6.07, 6.45) is 5.35. The molecule has 0 spiro atoms. The Balaban J connectivity index is 0.000000248. The minimum absolute atomic E-state index is 0.178. The number of aromatic nitrogens is 1. The summed E-state index contributed by atoms with van der Waals surface area (Å²) in [5, 5.41) is 1.28. The number of aryl methyl sites for hydroxylation is 2. The first-order valence-corrected chi connectivity index (χ1v) is 12.4. The Bertz CT molecular complexity index is 1380. The van der Waals surface area contributed by atoms with E-state index in [1.165, 1.54) is 40.0 Å². The predicted molar refractivity (Wildman–Crippen MR) is 138 cm³/mol. The van der Waals surface area contributed by atoms with Crippen molar-refractivity contribution in [3.63, 3.8) is 0 Å². The first kappa shape index (κ1) is 25.1. The topological polar surface area (TPSA) is 64.3 Å². The normalized spacial score (nSPS) is 11.3. The van der Waals surface area contributed by atoms with Gasteiger partial charge in [-0.25, -0.2) is 8.42 Å². The van der Waals surface area contributed by atoms with Crippen LogP contribution in [-0.2, 0) is 23.6 Å². The average molecular weight is 475 g/mol. The predicted octanol–water partition coefficient (Wildman–Crippen LogP) is 4.89. The standard InChI is InChI=1S/C21H23N2.C7H8O3S/c1-22(2)19-14-11-17(12-15-19)7-6-9-20-16-13-18-8-4-5-10-21(18)23(20)3;1-6-2-4-7(5-3-6)11(8,9)10/h4-8,10-16H,9H2,1-3H3;2-5H,1H3,(H,8,9,10)/q+1;/p-1. The molecule has 1 heterocycles. The number of rotatable bonds is 5. The quantitative estimate of drug-likeness (QED) is 0.305. The molecule has 0 saturated heterocycles. The highest BCUT2D eigenvalue weighted by Gasteiger charge is 2.09. The smallest absolute Gasteiger partial charge is 0.212 e. The Morgan fingerprint density at radius 3 is 2.15 bits per heavy atom. The molecule has 4 rings (SSSR count). The lowest BCUT2D eigenvalue weighted by molar-refractivity contribution is -0.652. The van der Waals surface area contributed by atoms with Crippen LogP contribution in [0.25, 0.3) is 17.0 Å². The molecule has 1 aromatic heterocycles. The van der Waals surface area contributed by atoms with Crippen molar-refractivity contribution in [1.29, 1.82) is 0 Å². The van der Waals surface area contributed by atoms with Gasteiger partial charge in [0.1, 0.15) is 17.2 Å². The summed E-state index contributed by atoms with van der Waals surface area (Å²) in [5.41, 5.74) is 5.97. The van der Waals surface area contributed by atoms with Crippen molar-refractivity contribution in [1.82, 2.24) is 0 Å². The monoisotopic (exact) mass is 474 g/mol. The van der Waals surface area contributed by atoms with Gasteiger partial charge in [0.05, 0.1) is 11.3 Å². The van der Waals surface area contributed by atoms with Gasteiger partial charge < -0.3 is 9.45 Å². The van der Waals surface area contributed by atoms with Crippen molar-refractivity contribution in [3.05, 3.63) is 108 Å². The summed E-state index contributed by atoms with van der Waals surface area (Å²) >= 11 is 0. The van der Waals surface area contributed by atoms with E-state index in [9.17, 15) is 13.0 Å². The number of hydrogen-bond donors (Lipinski definition) is 0. The van der Waals surface area contributed by atoms with E-state index in [0.717, 1.165) is 12.0 Å². The Kier molecular flexibility index (Phi) is 8.21. The van der Waals surface area contributed by atoms with Crippen molar-refractivity contribution in [2.45, 2.75) is 18.2 Å². The van der Waals surface area contributed by atoms with E-state index in [2.05, 4.69) is 103 Å². The summed E-state index contributed by atoms with van der Waals surface area (Å²) in [6, 6.07) is 27.3. The van der Waals surface area contributed by atoms with Crippen molar-refractivity contribution >= 4 is 32.8 Å². The van der Waals surface area contributed by atoms with Crippen LogP contribution in [0.2, 0.25) is 0 Å². The zero-order valence-electron chi connectivity index (χ0n) is 20.0. The van der Waals surface area contributed by atoms with Crippen LogP contribution < -0.4 is 9.47 Å². The Morgan fingerprint density at radius 2 is 1.53 bits per heavy atom. The van der Waals surface area contributed by atoms with Gasteiger partial charge in [-0.1, -0.05) is 54.1 Å². The molecule has 0 N–H and O–H groups in total. The first-order chi connectivity index (χ1) is 16.1. The summed E-state index contributed by atoms with van der Waals surface area (Å²) < 4.78 is 33.4. The second-order valence-corrected chi connectivity index (χ2v) is 9.68. The van der Waals surface area contributed by atoms with E-state index in [1.807, 2.05) is 6.92 Å². The van der Waals surface area contributed by atoms with Crippen LogP contribution in [0.3, 0.4) is 0 Å². The van der Waals surface area contributed by atoms with Gasteiger partial charge in [-0.15, -0.1) is 0 Å². The second-order valence-electron chi connectivity index (χ2n) is 8.30. The van der Waals surface area contributed by atoms with Crippen LogP contribution in [0.5, 0.6) is 0 Å². The molecular formula is C28H30N2O3S. The minimum Gasteiger partial charge on any atom is -0.744 e. The van der Waals surface area contributed by atoms with E-state index in [-0.39, 0.29) is 4.90 Å². The van der Waals surface area contributed by atoms with Gasteiger partial charge in [0.25, 0.3) is 0 Å². The van der Waals surface area contributed by atoms with Gasteiger partial charge in [0, 0.05) is 37.3 Å². The fourth-order valence-electron chi connectivity index (χ4n) is 3.50. The van der Waals surface area contributed by atoms with Gasteiger partial charge in [0.2, 0.25) is 5.52 Å². The zero-order valence-corrected chi connectivity index (χ0v) is 20.8. The van der Waals surface area contributed by atoms with E-state index in [0.29, 0.717) is 0 Å². The molecule has 0 radical (unpaired) electrons. The number of hydrogen-bond acceptors (Lipinski definition) is 4. The fraction of sp³-hybridized carbons (Fsp3) is 0.179. The number of fused-ring (bicyclic) bond motifs is 1. The van der Waals surface area contributed by atoms with E-state index in [4.69, 9.17) is 0 Å². The number of pyridine rings is 1. The maximum atomic E-state index is 10.4. The summed E-state index contributed by atoms with van der Waals surface area (Å²) in [4.78, 5) is 1.94. The third-order valence-corrected chi connectivity index (χ3v) is 6.39. The molecule has 0 unspecified atom stereocenters. The molecule has 0 aliphatic rings. The maximum Gasteiger partial charge on any atom is 0.212 e. The van der Waals surface area contributed by atoms with Crippen molar-refractivity contribution in [2.24, 2.45) is 7.05 Å². The number of nitrogens with zero attached hydrogens (tertiary/aromatic N) is 2. The summed E-state index contributed by atoms with van der Waals surface area (Å²) in [6.45, 7) is 1.82. The molecule has 34 heavy (non-hydrogen) atoms. The van der Waals surface area contributed by atoms with Crippen LogP contribution >= 0.6 is 0 Å². The number of anilines is 1. The van der Waals surface area contributed by atoms with Crippen LogP contribution in [0.1, 0.15) is 16.8 Å². The lowest BCUT2D eigenvalue weighted by Crippen LogP contribution is -2.34. The number of benzene rings is 3. The molecule has 5 nitrogen and oxygen atoms in total. The summed E-state index contributed by atoms with van der Waals surface area (Å²) in [7, 11) is 1.99. The molecule has 3 aromatic carbocycles. The lowest BCUT2D eigenvalue weighted by atomic mass is 10.1. The molecule has 0 saturated carbocycles. The van der Waals surface area contributed by atoms with Crippen LogP contribution in [0.15, 0.2) is 95.9 Å². The Labute approximate surface area is 202 Å². The molecule has 0 atom stereocenters. The SMILES string of the molecule is CN(C)c1ccc(C=CCc2ccc3ccccc3[n+]2C)cc1.Cc1ccc(S(=O)(=O)[O-])cc1. The molecule has 0 fully saturated rings. The maximum absolute atomic E-state index is 10.4. The van der Waals surface area contributed by atoms with Crippen molar-refractivity contribution < 1.29 is 17.5 Å². The van der Waals surface area contributed by atoms with Gasteiger partial charge in [-0.2, -0.15) is 4.57 Å². The molecule has 0 bridgehead atoms. The van der Waals surface area contributed by atoms with E-state index < -0.39 is 10.1 Å². The second kappa shape index (κ2) is 11.1. The Hall–Kier alpha value is -3.48. The molecule has 6 heteroatoms. The lowest BCUT2D eigenvalue weighted by Gasteiger charge is -2.11.